The summed E-state index contributed by atoms with van der Waals surface area (Å²) in [6.07, 6.45) is 0.573. The molecule has 0 aliphatic carbocycles. The summed E-state index contributed by atoms with van der Waals surface area (Å²) in [6.45, 7) is 0.772. The van der Waals surface area contributed by atoms with Crippen LogP contribution in [0.2, 0.25) is 0 Å². The molecule has 0 aromatic heterocycles. The van der Waals surface area contributed by atoms with E-state index >= 15 is 0 Å². The first-order chi connectivity index (χ1) is 3.62. The van der Waals surface area contributed by atoms with Crippen LogP contribution in [-0.2, 0) is 0 Å². The first-order valence-corrected chi connectivity index (χ1v) is 2.60. The van der Waals surface area contributed by atoms with Gasteiger partial charge in [0.25, 0.3) is 0 Å². The molecule has 0 unspecified atom stereocenters. The van der Waals surface area contributed by atoms with Crippen molar-refractivity contribution in [3.05, 3.63) is 0 Å². The standard InChI is InChI=1S/C4H14N4/c5-2-1-4(7,8)3-6/h1-3,5-8H2. The van der Waals surface area contributed by atoms with Gasteiger partial charge >= 0.3 is 0 Å². The highest BCUT2D eigenvalue weighted by Crippen LogP contribution is 1.90. The molecule has 50 valence electrons. The third kappa shape index (κ3) is 2.92. The fourth-order valence-corrected chi connectivity index (χ4v) is 0.371. The number of hydrogen-bond donors (Lipinski definition) is 4. The SMILES string of the molecule is NCCC(N)(N)CN. The van der Waals surface area contributed by atoms with Gasteiger partial charge in [-0.3, -0.25) is 0 Å². The van der Waals surface area contributed by atoms with Gasteiger partial charge in [0.1, 0.15) is 0 Å². The van der Waals surface area contributed by atoms with Gasteiger partial charge in [-0.15, -0.1) is 0 Å². The summed E-state index contributed by atoms with van der Waals surface area (Å²) in [5.74, 6) is 0. The Morgan fingerprint density at radius 3 is 1.75 bits per heavy atom. The van der Waals surface area contributed by atoms with E-state index < -0.39 is 5.66 Å². The second-order valence-electron chi connectivity index (χ2n) is 1.98. The summed E-state index contributed by atoms with van der Waals surface area (Å²) < 4.78 is 0. The largest absolute Gasteiger partial charge is 0.330 e. The van der Waals surface area contributed by atoms with Crippen molar-refractivity contribution < 1.29 is 0 Å². The first kappa shape index (κ1) is 7.84. The summed E-state index contributed by atoms with van der Waals surface area (Å²) in [4.78, 5) is 0. The fraction of sp³-hybridized carbons (Fsp3) is 1.00. The molecule has 0 fully saturated rings. The summed E-state index contributed by atoms with van der Waals surface area (Å²) in [5.41, 5.74) is 20.4. The Labute approximate surface area is 49.2 Å². The van der Waals surface area contributed by atoms with Crippen LogP contribution in [0.1, 0.15) is 6.42 Å². The topological polar surface area (TPSA) is 104 Å². The molecule has 0 rings (SSSR count). The van der Waals surface area contributed by atoms with Crippen LogP contribution in [0.5, 0.6) is 0 Å². The minimum atomic E-state index is -0.755. The normalized spacial score (nSPS) is 12.0. The van der Waals surface area contributed by atoms with Gasteiger partial charge in [0.2, 0.25) is 0 Å². The third-order valence-corrected chi connectivity index (χ3v) is 0.990. The van der Waals surface area contributed by atoms with E-state index in [4.69, 9.17) is 22.9 Å². The van der Waals surface area contributed by atoms with Gasteiger partial charge in [0.15, 0.2) is 0 Å². The predicted molar refractivity (Wildman–Crippen MR) is 33.8 cm³/mol. The maximum Gasteiger partial charge on any atom is 0.0774 e. The van der Waals surface area contributed by atoms with Gasteiger partial charge in [-0.25, -0.2) is 0 Å². The first-order valence-electron chi connectivity index (χ1n) is 2.60. The van der Waals surface area contributed by atoms with E-state index in [1.807, 2.05) is 0 Å². The minimum absolute atomic E-state index is 0.282. The molecule has 0 amide bonds. The highest BCUT2D eigenvalue weighted by Gasteiger charge is 2.13. The Morgan fingerprint density at radius 1 is 1.12 bits per heavy atom. The van der Waals surface area contributed by atoms with Crippen LogP contribution in [0.4, 0.5) is 0 Å². The molecule has 0 saturated carbocycles. The predicted octanol–water partition coefficient (Wildman–Crippen LogP) is -2.09. The van der Waals surface area contributed by atoms with Gasteiger partial charge in [-0.1, -0.05) is 0 Å². The lowest BCUT2D eigenvalue weighted by atomic mass is 10.1. The number of rotatable bonds is 3. The molecule has 0 saturated heterocycles. The molecule has 0 heterocycles. The molecule has 0 aliphatic rings. The zero-order chi connectivity index (χ0) is 6.62. The molecule has 4 nitrogen and oxygen atoms in total. The molecule has 0 bridgehead atoms. The van der Waals surface area contributed by atoms with E-state index in [2.05, 4.69) is 0 Å². The monoisotopic (exact) mass is 118 g/mol. The number of nitrogens with two attached hydrogens (primary N) is 4. The van der Waals surface area contributed by atoms with Crippen molar-refractivity contribution in [2.75, 3.05) is 13.1 Å². The van der Waals surface area contributed by atoms with Gasteiger partial charge in [0, 0.05) is 6.54 Å². The lowest BCUT2D eigenvalue weighted by Crippen LogP contribution is -2.56. The van der Waals surface area contributed by atoms with Crippen LogP contribution < -0.4 is 22.9 Å². The summed E-state index contributed by atoms with van der Waals surface area (Å²) in [5, 5.41) is 0. The van der Waals surface area contributed by atoms with Gasteiger partial charge in [-0.05, 0) is 13.0 Å². The Bertz CT molecular complexity index is 61.1. The maximum absolute atomic E-state index is 5.40. The minimum Gasteiger partial charge on any atom is -0.330 e. The van der Waals surface area contributed by atoms with Crippen molar-refractivity contribution in [2.24, 2.45) is 22.9 Å². The average molecular weight is 118 g/mol. The van der Waals surface area contributed by atoms with Gasteiger partial charge in [0.05, 0.1) is 5.66 Å². The van der Waals surface area contributed by atoms with Gasteiger partial charge in [-0.2, -0.15) is 0 Å². The van der Waals surface area contributed by atoms with Crippen LogP contribution >= 0.6 is 0 Å². The average Bonchev–Trinajstić information content (AvgIpc) is 1.67. The summed E-state index contributed by atoms with van der Waals surface area (Å²) in [7, 11) is 0. The molecular weight excluding hydrogens is 104 g/mol. The molecule has 4 heteroatoms. The van der Waals surface area contributed by atoms with E-state index in [-0.39, 0.29) is 6.54 Å². The maximum atomic E-state index is 5.40. The molecule has 0 atom stereocenters. The molecule has 0 aromatic carbocycles. The van der Waals surface area contributed by atoms with E-state index in [1.165, 1.54) is 0 Å². The highest BCUT2D eigenvalue weighted by molar-refractivity contribution is 4.77. The van der Waals surface area contributed by atoms with Crippen molar-refractivity contribution in [1.29, 1.82) is 0 Å². The molecule has 8 N–H and O–H groups in total. The van der Waals surface area contributed by atoms with Crippen molar-refractivity contribution in [3.63, 3.8) is 0 Å². The lowest BCUT2D eigenvalue weighted by molar-refractivity contribution is 0.425. The van der Waals surface area contributed by atoms with Gasteiger partial charge < -0.3 is 22.9 Å². The zero-order valence-electron chi connectivity index (χ0n) is 4.93. The third-order valence-electron chi connectivity index (χ3n) is 0.990. The highest BCUT2D eigenvalue weighted by atomic mass is 15.0. The Morgan fingerprint density at radius 2 is 1.62 bits per heavy atom. The van der Waals surface area contributed by atoms with Crippen LogP contribution in [0.15, 0.2) is 0 Å². The van der Waals surface area contributed by atoms with Crippen LogP contribution in [0.3, 0.4) is 0 Å². The summed E-state index contributed by atoms with van der Waals surface area (Å²) >= 11 is 0. The van der Waals surface area contributed by atoms with Crippen LogP contribution in [0.25, 0.3) is 0 Å². The van der Waals surface area contributed by atoms with Crippen molar-refractivity contribution >= 4 is 0 Å². The van der Waals surface area contributed by atoms with E-state index in [0.29, 0.717) is 13.0 Å². The second-order valence-corrected chi connectivity index (χ2v) is 1.98. The second kappa shape index (κ2) is 2.99. The van der Waals surface area contributed by atoms with E-state index in [1.54, 1.807) is 0 Å². The van der Waals surface area contributed by atoms with E-state index in [0.717, 1.165) is 0 Å². The van der Waals surface area contributed by atoms with E-state index in [9.17, 15) is 0 Å². The van der Waals surface area contributed by atoms with Crippen LogP contribution in [0, 0.1) is 0 Å². The molecule has 0 aliphatic heterocycles. The van der Waals surface area contributed by atoms with Crippen molar-refractivity contribution in [2.45, 2.75) is 12.1 Å². The Balaban J connectivity index is 3.37. The molecule has 8 heavy (non-hydrogen) atoms. The van der Waals surface area contributed by atoms with Crippen LogP contribution in [-0.4, -0.2) is 18.8 Å². The molecule has 0 aromatic rings. The Kier molecular flexibility index (Phi) is 2.93. The summed E-state index contributed by atoms with van der Waals surface area (Å²) in [6, 6.07) is 0. The fourth-order valence-electron chi connectivity index (χ4n) is 0.371. The lowest BCUT2D eigenvalue weighted by Gasteiger charge is -2.20. The Hall–Kier alpha value is -0.160. The molecular formula is C4H14N4. The molecule has 0 spiro atoms. The number of hydrogen-bond acceptors (Lipinski definition) is 4. The van der Waals surface area contributed by atoms with Crippen molar-refractivity contribution in [3.8, 4) is 0 Å². The zero-order valence-corrected chi connectivity index (χ0v) is 4.93. The quantitative estimate of drug-likeness (QED) is 0.319. The smallest absolute Gasteiger partial charge is 0.0774 e. The van der Waals surface area contributed by atoms with Crippen molar-refractivity contribution in [1.82, 2.24) is 0 Å². The molecule has 0 radical (unpaired) electrons.